The molecule has 100 valence electrons. The standard InChI is InChI=1S/C15H22FNO/c1-12(2)4-3-11-17-15(18)10-7-13-5-8-14(16)9-6-13/h5-6,8-9,12H,3-4,7,10-11H2,1-2H3,(H,17,18). The van der Waals surface area contributed by atoms with Gasteiger partial charge in [-0.25, -0.2) is 4.39 Å². The summed E-state index contributed by atoms with van der Waals surface area (Å²) in [6, 6.07) is 6.30. The van der Waals surface area contributed by atoms with Crippen LogP contribution in [0.5, 0.6) is 0 Å². The molecule has 0 heterocycles. The van der Waals surface area contributed by atoms with Gasteiger partial charge in [-0.1, -0.05) is 26.0 Å². The maximum absolute atomic E-state index is 12.7. The fourth-order valence-electron chi connectivity index (χ4n) is 1.74. The van der Waals surface area contributed by atoms with Crippen LogP contribution in [0, 0.1) is 11.7 Å². The van der Waals surface area contributed by atoms with Crippen LogP contribution in [0.25, 0.3) is 0 Å². The van der Waals surface area contributed by atoms with Gasteiger partial charge in [0.1, 0.15) is 5.82 Å². The van der Waals surface area contributed by atoms with Crippen LogP contribution in [0.15, 0.2) is 24.3 Å². The Morgan fingerprint density at radius 1 is 1.28 bits per heavy atom. The Morgan fingerprint density at radius 2 is 1.94 bits per heavy atom. The van der Waals surface area contributed by atoms with E-state index in [1.807, 2.05) is 0 Å². The summed E-state index contributed by atoms with van der Waals surface area (Å²) < 4.78 is 12.7. The van der Waals surface area contributed by atoms with Crippen molar-refractivity contribution in [2.75, 3.05) is 6.54 Å². The lowest BCUT2D eigenvalue weighted by atomic mass is 10.1. The minimum atomic E-state index is -0.239. The Hall–Kier alpha value is -1.38. The van der Waals surface area contributed by atoms with Crippen LogP contribution in [-0.2, 0) is 11.2 Å². The zero-order chi connectivity index (χ0) is 13.4. The molecule has 1 aromatic carbocycles. The number of benzene rings is 1. The van der Waals surface area contributed by atoms with E-state index in [2.05, 4.69) is 19.2 Å². The highest BCUT2D eigenvalue weighted by Crippen LogP contribution is 2.05. The molecule has 0 spiro atoms. The second-order valence-electron chi connectivity index (χ2n) is 5.01. The predicted octanol–water partition coefficient (Wildman–Crippen LogP) is 3.31. The molecule has 0 fully saturated rings. The lowest BCUT2D eigenvalue weighted by Crippen LogP contribution is -2.24. The third kappa shape index (κ3) is 6.38. The second kappa shape index (κ2) is 7.85. The van der Waals surface area contributed by atoms with E-state index < -0.39 is 0 Å². The van der Waals surface area contributed by atoms with Crippen molar-refractivity contribution < 1.29 is 9.18 Å². The molecular formula is C15H22FNO. The summed E-state index contributed by atoms with van der Waals surface area (Å²) in [5.74, 6) is 0.515. The maximum Gasteiger partial charge on any atom is 0.220 e. The highest BCUT2D eigenvalue weighted by atomic mass is 19.1. The molecule has 0 aliphatic rings. The lowest BCUT2D eigenvalue weighted by molar-refractivity contribution is -0.121. The van der Waals surface area contributed by atoms with E-state index in [0.717, 1.165) is 24.9 Å². The van der Waals surface area contributed by atoms with Gasteiger partial charge >= 0.3 is 0 Å². The van der Waals surface area contributed by atoms with Gasteiger partial charge in [0.05, 0.1) is 0 Å². The Labute approximate surface area is 109 Å². The number of carbonyl (C=O) groups is 1. The molecule has 1 N–H and O–H groups in total. The summed E-state index contributed by atoms with van der Waals surface area (Å²) in [5, 5.41) is 2.91. The van der Waals surface area contributed by atoms with E-state index in [9.17, 15) is 9.18 Å². The van der Waals surface area contributed by atoms with Crippen molar-refractivity contribution in [3.05, 3.63) is 35.6 Å². The zero-order valence-corrected chi connectivity index (χ0v) is 11.2. The number of halogens is 1. The van der Waals surface area contributed by atoms with Crippen LogP contribution in [0.3, 0.4) is 0 Å². The fourth-order valence-corrected chi connectivity index (χ4v) is 1.74. The van der Waals surface area contributed by atoms with Gasteiger partial charge in [-0.15, -0.1) is 0 Å². The molecule has 3 heteroatoms. The predicted molar refractivity (Wildman–Crippen MR) is 71.8 cm³/mol. The van der Waals surface area contributed by atoms with Gasteiger partial charge in [-0.3, -0.25) is 4.79 Å². The molecule has 0 saturated carbocycles. The molecule has 0 atom stereocenters. The number of carbonyl (C=O) groups excluding carboxylic acids is 1. The maximum atomic E-state index is 12.7. The van der Waals surface area contributed by atoms with Gasteiger partial charge in [0.25, 0.3) is 0 Å². The molecule has 1 rings (SSSR count). The Balaban J connectivity index is 2.15. The van der Waals surface area contributed by atoms with Crippen LogP contribution in [0.4, 0.5) is 4.39 Å². The van der Waals surface area contributed by atoms with Crippen LogP contribution >= 0.6 is 0 Å². The quantitative estimate of drug-likeness (QED) is 0.740. The molecule has 0 unspecified atom stereocenters. The zero-order valence-electron chi connectivity index (χ0n) is 11.2. The topological polar surface area (TPSA) is 29.1 Å². The van der Waals surface area contributed by atoms with Crippen LogP contribution in [0.1, 0.15) is 38.7 Å². The largest absolute Gasteiger partial charge is 0.356 e. The van der Waals surface area contributed by atoms with Gasteiger partial charge in [0, 0.05) is 13.0 Å². The summed E-state index contributed by atoms with van der Waals surface area (Å²) in [5.41, 5.74) is 0.994. The first-order valence-electron chi connectivity index (χ1n) is 6.59. The molecule has 1 aromatic rings. The number of nitrogens with one attached hydrogen (secondary N) is 1. The molecule has 2 nitrogen and oxygen atoms in total. The van der Waals surface area contributed by atoms with E-state index in [1.165, 1.54) is 12.1 Å². The normalized spacial score (nSPS) is 10.7. The number of hydrogen-bond donors (Lipinski definition) is 1. The van der Waals surface area contributed by atoms with E-state index in [1.54, 1.807) is 12.1 Å². The average molecular weight is 251 g/mol. The lowest BCUT2D eigenvalue weighted by Gasteiger charge is -2.07. The van der Waals surface area contributed by atoms with E-state index >= 15 is 0 Å². The van der Waals surface area contributed by atoms with Crippen molar-refractivity contribution in [3.8, 4) is 0 Å². The fraction of sp³-hybridized carbons (Fsp3) is 0.533. The molecule has 18 heavy (non-hydrogen) atoms. The molecule has 0 radical (unpaired) electrons. The Bertz CT molecular complexity index is 359. The number of aryl methyl sites for hydroxylation is 1. The minimum absolute atomic E-state index is 0.0723. The number of hydrogen-bond acceptors (Lipinski definition) is 1. The summed E-state index contributed by atoms with van der Waals surface area (Å²) in [6.45, 7) is 5.10. The highest BCUT2D eigenvalue weighted by Gasteiger charge is 2.02. The van der Waals surface area contributed by atoms with Crippen molar-refractivity contribution in [2.45, 2.75) is 39.5 Å². The molecule has 1 amide bonds. The first-order chi connectivity index (χ1) is 8.58. The molecule has 0 aliphatic heterocycles. The Morgan fingerprint density at radius 3 is 2.56 bits per heavy atom. The number of rotatable bonds is 7. The number of amides is 1. The van der Waals surface area contributed by atoms with E-state index in [-0.39, 0.29) is 11.7 Å². The second-order valence-corrected chi connectivity index (χ2v) is 5.01. The van der Waals surface area contributed by atoms with Crippen LogP contribution in [0.2, 0.25) is 0 Å². The van der Waals surface area contributed by atoms with Gasteiger partial charge in [-0.05, 0) is 42.9 Å². The third-order valence-electron chi connectivity index (χ3n) is 2.83. The summed E-state index contributed by atoms with van der Waals surface area (Å²) in [7, 11) is 0. The average Bonchev–Trinajstić information content (AvgIpc) is 2.34. The molecule has 0 aliphatic carbocycles. The first-order valence-corrected chi connectivity index (χ1v) is 6.59. The van der Waals surface area contributed by atoms with Crippen molar-refractivity contribution in [2.24, 2.45) is 5.92 Å². The van der Waals surface area contributed by atoms with Crippen molar-refractivity contribution in [1.82, 2.24) is 5.32 Å². The van der Waals surface area contributed by atoms with Gasteiger partial charge in [0.2, 0.25) is 5.91 Å². The van der Waals surface area contributed by atoms with Crippen molar-refractivity contribution in [3.63, 3.8) is 0 Å². The molecule has 0 bridgehead atoms. The van der Waals surface area contributed by atoms with Crippen molar-refractivity contribution >= 4 is 5.91 Å². The smallest absolute Gasteiger partial charge is 0.220 e. The van der Waals surface area contributed by atoms with Crippen LogP contribution < -0.4 is 5.32 Å². The first kappa shape index (κ1) is 14.7. The monoisotopic (exact) mass is 251 g/mol. The molecular weight excluding hydrogens is 229 g/mol. The van der Waals surface area contributed by atoms with Crippen LogP contribution in [-0.4, -0.2) is 12.5 Å². The van der Waals surface area contributed by atoms with Gasteiger partial charge < -0.3 is 5.32 Å². The van der Waals surface area contributed by atoms with Gasteiger partial charge in [-0.2, -0.15) is 0 Å². The summed E-state index contributed by atoms with van der Waals surface area (Å²) in [6.07, 6.45) is 3.29. The van der Waals surface area contributed by atoms with Gasteiger partial charge in [0.15, 0.2) is 0 Å². The molecule has 0 saturated heterocycles. The van der Waals surface area contributed by atoms with E-state index in [0.29, 0.717) is 18.8 Å². The van der Waals surface area contributed by atoms with Crippen molar-refractivity contribution in [1.29, 1.82) is 0 Å². The third-order valence-corrected chi connectivity index (χ3v) is 2.83. The van der Waals surface area contributed by atoms with E-state index in [4.69, 9.17) is 0 Å². The highest BCUT2D eigenvalue weighted by molar-refractivity contribution is 5.76. The summed E-state index contributed by atoms with van der Waals surface area (Å²) >= 11 is 0. The SMILES string of the molecule is CC(C)CCCNC(=O)CCc1ccc(F)cc1. The summed E-state index contributed by atoms with van der Waals surface area (Å²) in [4.78, 5) is 11.5. The minimum Gasteiger partial charge on any atom is -0.356 e. The Kier molecular flexibility index (Phi) is 6.40. The molecule has 0 aromatic heterocycles.